The maximum Gasteiger partial charge on any atom is 0.258 e. The first-order valence-corrected chi connectivity index (χ1v) is 6.90. The summed E-state index contributed by atoms with van der Waals surface area (Å²) in [7, 11) is 1.59. The zero-order chi connectivity index (χ0) is 15.2. The molecule has 2 aromatic carbocycles. The van der Waals surface area contributed by atoms with E-state index in [1.54, 1.807) is 43.5 Å². The molecule has 0 bridgehead atoms. The first kappa shape index (κ1) is 15.1. The third-order valence-electron chi connectivity index (χ3n) is 2.76. The molecular formula is C15H13BrN2O3. The van der Waals surface area contributed by atoms with Crippen molar-refractivity contribution in [3.63, 3.8) is 0 Å². The molecule has 21 heavy (non-hydrogen) atoms. The van der Waals surface area contributed by atoms with Crippen LogP contribution in [0.25, 0.3) is 5.70 Å². The van der Waals surface area contributed by atoms with Gasteiger partial charge in [-0.25, -0.2) is 0 Å². The van der Waals surface area contributed by atoms with Crippen LogP contribution < -0.4 is 10.1 Å². The van der Waals surface area contributed by atoms with Crippen molar-refractivity contribution in [1.29, 1.82) is 0 Å². The molecule has 2 aromatic rings. The summed E-state index contributed by atoms with van der Waals surface area (Å²) in [4.78, 5) is 10.3. The predicted molar refractivity (Wildman–Crippen MR) is 85.7 cm³/mol. The zero-order valence-corrected chi connectivity index (χ0v) is 12.8. The van der Waals surface area contributed by atoms with Gasteiger partial charge in [-0.15, -0.1) is 0 Å². The quantitative estimate of drug-likeness (QED) is 0.651. The second-order valence-corrected chi connectivity index (χ2v) is 5.10. The maximum absolute atomic E-state index is 10.8. The molecule has 0 saturated carbocycles. The SMILES string of the molecule is COc1ccc(N/C(=C/[N+](=O)[O-])c2ccc(Br)cc2)cc1. The highest BCUT2D eigenvalue weighted by Gasteiger charge is 2.07. The number of hydrogen-bond acceptors (Lipinski definition) is 4. The lowest BCUT2D eigenvalue weighted by Gasteiger charge is -2.10. The van der Waals surface area contributed by atoms with Crippen LogP contribution in [0.4, 0.5) is 5.69 Å². The van der Waals surface area contributed by atoms with Gasteiger partial charge in [0.25, 0.3) is 6.20 Å². The van der Waals surface area contributed by atoms with E-state index < -0.39 is 4.92 Å². The molecule has 0 atom stereocenters. The molecule has 0 aliphatic heterocycles. The number of rotatable bonds is 5. The fourth-order valence-corrected chi connectivity index (χ4v) is 2.01. The summed E-state index contributed by atoms with van der Waals surface area (Å²) < 4.78 is 5.99. The van der Waals surface area contributed by atoms with Crippen molar-refractivity contribution in [3.8, 4) is 5.75 Å². The first-order valence-electron chi connectivity index (χ1n) is 6.11. The minimum absolute atomic E-state index is 0.415. The van der Waals surface area contributed by atoms with Crippen LogP contribution in [0.15, 0.2) is 59.2 Å². The van der Waals surface area contributed by atoms with E-state index in [0.29, 0.717) is 5.70 Å². The lowest BCUT2D eigenvalue weighted by atomic mass is 10.1. The molecule has 0 aliphatic carbocycles. The van der Waals surface area contributed by atoms with Gasteiger partial charge < -0.3 is 10.1 Å². The van der Waals surface area contributed by atoms with Crippen LogP contribution in [0.1, 0.15) is 5.56 Å². The summed E-state index contributed by atoms with van der Waals surface area (Å²) in [6, 6.07) is 14.4. The topological polar surface area (TPSA) is 64.4 Å². The third-order valence-corrected chi connectivity index (χ3v) is 3.29. The standard InChI is InChI=1S/C15H13BrN2O3/c1-21-14-8-6-13(7-9-14)17-15(10-18(19)20)11-2-4-12(16)5-3-11/h2-10,17H,1H3/b15-10+. The monoisotopic (exact) mass is 348 g/mol. The number of hydrogen-bond donors (Lipinski definition) is 1. The van der Waals surface area contributed by atoms with Crippen LogP contribution in [0.3, 0.4) is 0 Å². The summed E-state index contributed by atoms with van der Waals surface area (Å²) in [5.41, 5.74) is 1.88. The van der Waals surface area contributed by atoms with E-state index in [2.05, 4.69) is 21.2 Å². The molecule has 0 aromatic heterocycles. The van der Waals surface area contributed by atoms with Crippen LogP contribution >= 0.6 is 15.9 Å². The Morgan fingerprint density at radius 2 is 1.81 bits per heavy atom. The fraction of sp³-hybridized carbons (Fsp3) is 0.0667. The van der Waals surface area contributed by atoms with Crippen molar-refractivity contribution in [3.05, 3.63) is 74.9 Å². The Morgan fingerprint density at radius 1 is 1.19 bits per heavy atom. The largest absolute Gasteiger partial charge is 0.497 e. The lowest BCUT2D eigenvalue weighted by molar-refractivity contribution is -0.401. The highest BCUT2D eigenvalue weighted by molar-refractivity contribution is 9.10. The number of nitrogens with one attached hydrogen (secondary N) is 1. The number of methoxy groups -OCH3 is 1. The summed E-state index contributed by atoms with van der Waals surface area (Å²) >= 11 is 3.34. The van der Waals surface area contributed by atoms with E-state index in [1.807, 2.05) is 12.1 Å². The summed E-state index contributed by atoms with van der Waals surface area (Å²) in [5.74, 6) is 0.726. The average Bonchev–Trinajstić information content (AvgIpc) is 2.48. The molecule has 0 heterocycles. The Balaban J connectivity index is 2.28. The number of ether oxygens (including phenoxy) is 1. The molecule has 1 N–H and O–H groups in total. The van der Waals surface area contributed by atoms with E-state index in [4.69, 9.17) is 4.74 Å². The van der Waals surface area contributed by atoms with Gasteiger partial charge in [0.05, 0.1) is 12.0 Å². The summed E-state index contributed by atoms with van der Waals surface area (Å²) in [5, 5.41) is 13.8. The number of anilines is 1. The van der Waals surface area contributed by atoms with Gasteiger partial charge in [0.1, 0.15) is 11.4 Å². The Bertz CT molecular complexity index is 652. The predicted octanol–water partition coefficient (Wildman–Crippen LogP) is 4.14. The molecule has 0 spiro atoms. The Labute approximate surface area is 130 Å². The Hall–Kier alpha value is -2.34. The molecule has 0 amide bonds. The Kier molecular flexibility index (Phi) is 4.94. The van der Waals surface area contributed by atoms with Crippen molar-refractivity contribution in [2.24, 2.45) is 0 Å². The van der Waals surface area contributed by atoms with E-state index in [0.717, 1.165) is 27.7 Å². The molecule has 0 aliphatic rings. The molecule has 0 fully saturated rings. The molecule has 108 valence electrons. The second-order valence-electron chi connectivity index (χ2n) is 4.19. The van der Waals surface area contributed by atoms with E-state index in [-0.39, 0.29) is 0 Å². The van der Waals surface area contributed by atoms with Gasteiger partial charge in [-0.05, 0) is 36.4 Å². The lowest BCUT2D eigenvalue weighted by Crippen LogP contribution is -2.02. The minimum Gasteiger partial charge on any atom is -0.497 e. The molecule has 0 saturated heterocycles. The molecule has 0 radical (unpaired) electrons. The maximum atomic E-state index is 10.8. The molecule has 2 rings (SSSR count). The number of nitrogens with zero attached hydrogens (tertiary/aromatic N) is 1. The van der Waals surface area contributed by atoms with Crippen LogP contribution in [0.2, 0.25) is 0 Å². The normalized spacial score (nSPS) is 11.0. The number of benzene rings is 2. The van der Waals surface area contributed by atoms with Gasteiger partial charge in [-0.3, -0.25) is 10.1 Å². The zero-order valence-electron chi connectivity index (χ0n) is 11.2. The fourth-order valence-electron chi connectivity index (χ4n) is 1.74. The summed E-state index contributed by atoms with van der Waals surface area (Å²) in [6.07, 6.45) is 0.952. The minimum atomic E-state index is -0.478. The van der Waals surface area contributed by atoms with Gasteiger partial charge in [-0.1, -0.05) is 28.1 Å². The van der Waals surface area contributed by atoms with Crippen molar-refractivity contribution in [2.75, 3.05) is 12.4 Å². The van der Waals surface area contributed by atoms with E-state index in [1.165, 1.54) is 0 Å². The highest BCUT2D eigenvalue weighted by atomic mass is 79.9. The molecule has 6 heteroatoms. The van der Waals surface area contributed by atoms with Crippen LogP contribution in [-0.2, 0) is 0 Å². The molecule has 5 nitrogen and oxygen atoms in total. The summed E-state index contributed by atoms with van der Waals surface area (Å²) in [6.45, 7) is 0. The van der Waals surface area contributed by atoms with Gasteiger partial charge in [-0.2, -0.15) is 0 Å². The van der Waals surface area contributed by atoms with Gasteiger partial charge in [0, 0.05) is 15.7 Å². The number of nitro groups is 1. The van der Waals surface area contributed by atoms with Crippen LogP contribution in [0.5, 0.6) is 5.75 Å². The van der Waals surface area contributed by atoms with Gasteiger partial charge in [0.2, 0.25) is 0 Å². The van der Waals surface area contributed by atoms with Crippen molar-refractivity contribution in [2.45, 2.75) is 0 Å². The van der Waals surface area contributed by atoms with Crippen molar-refractivity contribution in [1.82, 2.24) is 0 Å². The second kappa shape index (κ2) is 6.90. The molecular weight excluding hydrogens is 336 g/mol. The van der Waals surface area contributed by atoms with Crippen LogP contribution in [-0.4, -0.2) is 12.0 Å². The average molecular weight is 349 g/mol. The highest BCUT2D eigenvalue weighted by Crippen LogP contribution is 2.22. The molecule has 0 unspecified atom stereocenters. The number of halogens is 1. The van der Waals surface area contributed by atoms with E-state index in [9.17, 15) is 10.1 Å². The van der Waals surface area contributed by atoms with Crippen molar-refractivity contribution >= 4 is 27.3 Å². The Morgan fingerprint density at radius 3 is 2.33 bits per heavy atom. The van der Waals surface area contributed by atoms with E-state index >= 15 is 0 Å². The van der Waals surface area contributed by atoms with Gasteiger partial charge >= 0.3 is 0 Å². The van der Waals surface area contributed by atoms with Crippen molar-refractivity contribution < 1.29 is 9.66 Å². The van der Waals surface area contributed by atoms with Gasteiger partial charge in [0.15, 0.2) is 0 Å². The smallest absolute Gasteiger partial charge is 0.258 e. The van der Waals surface area contributed by atoms with Crippen LogP contribution in [0, 0.1) is 10.1 Å². The third kappa shape index (κ3) is 4.32. The first-order chi connectivity index (χ1) is 10.1.